The maximum atomic E-state index is 11.2. The molecule has 140 valence electrons. The molecule has 1 fully saturated rings. The minimum absolute atomic E-state index is 0.00353. The summed E-state index contributed by atoms with van der Waals surface area (Å²) in [5, 5.41) is 4.92. The minimum atomic E-state index is -0.522. The molecule has 2 aromatic rings. The Bertz CT molecular complexity index is 789. The van der Waals surface area contributed by atoms with Gasteiger partial charge in [0.05, 0.1) is 22.3 Å². The van der Waals surface area contributed by atoms with Crippen LogP contribution in [0.3, 0.4) is 0 Å². The Kier molecular flexibility index (Phi) is 5.20. The quantitative estimate of drug-likeness (QED) is 0.883. The SMILES string of the molecule is CC(C)(C)n1cc(CN2CCN(c3ncc(C(N)=O)cc3Cl)CC2)cn1. The lowest BCUT2D eigenvalue weighted by molar-refractivity contribution is 0.1000. The Morgan fingerprint density at radius 3 is 2.46 bits per heavy atom. The van der Waals surface area contributed by atoms with Crippen molar-refractivity contribution in [1.82, 2.24) is 19.7 Å². The van der Waals surface area contributed by atoms with Gasteiger partial charge in [0.1, 0.15) is 5.82 Å². The zero-order valence-electron chi connectivity index (χ0n) is 15.4. The van der Waals surface area contributed by atoms with Gasteiger partial charge >= 0.3 is 0 Å². The highest BCUT2D eigenvalue weighted by atomic mass is 35.5. The van der Waals surface area contributed by atoms with Crippen molar-refractivity contribution in [3.63, 3.8) is 0 Å². The third-order valence-corrected chi connectivity index (χ3v) is 4.79. The second kappa shape index (κ2) is 7.25. The van der Waals surface area contributed by atoms with Crippen LogP contribution in [-0.2, 0) is 12.1 Å². The van der Waals surface area contributed by atoms with Crippen LogP contribution < -0.4 is 10.6 Å². The van der Waals surface area contributed by atoms with E-state index >= 15 is 0 Å². The summed E-state index contributed by atoms with van der Waals surface area (Å²) in [6.45, 7) is 10.8. The summed E-state index contributed by atoms with van der Waals surface area (Å²) in [5.41, 5.74) is 6.81. The fourth-order valence-corrected chi connectivity index (χ4v) is 3.27. The van der Waals surface area contributed by atoms with Crippen molar-refractivity contribution in [2.24, 2.45) is 5.73 Å². The molecule has 0 saturated carbocycles. The number of hydrogen-bond donors (Lipinski definition) is 1. The molecule has 0 radical (unpaired) electrons. The zero-order chi connectivity index (χ0) is 18.9. The molecular formula is C18H25ClN6O. The number of anilines is 1. The molecule has 0 bridgehead atoms. The third-order valence-electron chi connectivity index (χ3n) is 4.51. The van der Waals surface area contributed by atoms with Gasteiger partial charge in [-0.1, -0.05) is 11.6 Å². The van der Waals surface area contributed by atoms with Crippen LogP contribution in [0.4, 0.5) is 5.82 Å². The maximum Gasteiger partial charge on any atom is 0.250 e. The van der Waals surface area contributed by atoms with Gasteiger partial charge in [0.15, 0.2) is 0 Å². The van der Waals surface area contributed by atoms with E-state index in [1.165, 1.54) is 11.8 Å². The average Bonchev–Trinajstić information content (AvgIpc) is 3.04. The monoisotopic (exact) mass is 376 g/mol. The Morgan fingerprint density at radius 1 is 1.23 bits per heavy atom. The highest BCUT2D eigenvalue weighted by molar-refractivity contribution is 6.33. The number of aromatic nitrogens is 3. The first-order chi connectivity index (χ1) is 12.2. The number of piperazine rings is 1. The van der Waals surface area contributed by atoms with Crippen LogP contribution in [-0.4, -0.2) is 51.8 Å². The number of halogens is 1. The fourth-order valence-electron chi connectivity index (χ4n) is 2.98. The van der Waals surface area contributed by atoms with Gasteiger partial charge in [0, 0.05) is 50.7 Å². The summed E-state index contributed by atoms with van der Waals surface area (Å²) in [7, 11) is 0. The van der Waals surface area contributed by atoms with Gasteiger partial charge in [0.2, 0.25) is 5.91 Å². The summed E-state index contributed by atoms with van der Waals surface area (Å²) in [6.07, 6.45) is 5.54. The Hall–Kier alpha value is -2.12. The van der Waals surface area contributed by atoms with Crippen LogP contribution >= 0.6 is 11.6 Å². The van der Waals surface area contributed by atoms with Crippen molar-refractivity contribution in [2.75, 3.05) is 31.1 Å². The van der Waals surface area contributed by atoms with E-state index in [-0.39, 0.29) is 5.54 Å². The molecular weight excluding hydrogens is 352 g/mol. The molecule has 1 aliphatic heterocycles. The van der Waals surface area contributed by atoms with Crippen molar-refractivity contribution >= 4 is 23.3 Å². The highest BCUT2D eigenvalue weighted by Crippen LogP contribution is 2.25. The van der Waals surface area contributed by atoms with Crippen LogP contribution in [0.25, 0.3) is 0 Å². The molecule has 0 atom stereocenters. The molecule has 0 aliphatic carbocycles. The van der Waals surface area contributed by atoms with E-state index in [4.69, 9.17) is 17.3 Å². The predicted octanol–water partition coefficient (Wildman–Crippen LogP) is 2.11. The highest BCUT2D eigenvalue weighted by Gasteiger charge is 2.21. The lowest BCUT2D eigenvalue weighted by Gasteiger charge is -2.35. The first-order valence-corrected chi connectivity index (χ1v) is 9.08. The summed E-state index contributed by atoms with van der Waals surface area (Å²) < 4.78 is 2.00. The number of hydrogen-bond acceptors (Lipinski definition) is 5. The molecule has 26 heavy (non-hydrogen) atoms. The number of amides is 1. The number of pyridine rings is 1. The van der Waals surface area contributed by atoms with Crippen molar-refractivity contribution in [3.05, 3.63) is 40.8 Å². The largest absolute Gasteiger partial charge is 0.366 e. The normalized spacial score (nSPS) is 16.1. The molecule has 3 rings (SSSR count). The Morgan fingerprint density at radius 2 is 1.92 bits per heavy atom. The Labute approximate surface area is 158 Å². The van der Waals surface area contributed by atoms with E-state index in [9.17, 15) is 4.79 Å². The van der Waals surface area contributed by atoms with Gasteiger partial charge in [-0.15, -0.1) is 0 Å². The molecule has 0 spiro atoms. The summed E-state index contributed by atoms with van der Waals surface area (Å²) >= 11 is 6.28. The lowest BCUT2D eigenvalue weighted by atomic mass is 10.1. The van der Waals surface area contributed by atoms with E-state index < -0.39 is 5.91 Å². The molecule has 2 aromatic heterocycles. The molecule has 3 heterocycles. The van der Waals surface area contributed by atoms with E-state index in [2.05, 4.69) is 46.9 Å². The van der Waals surface area contributed by atoms with Gasteiger partial charge in [-0.25, -0.2) is 4.98 Å². The smallest absolute Gasteiger partial charge is 0.250 e. The van der Waals surface area contributed by atoms with Gasteiger partial charge in [-0.2, -0.15) is 5.10 Å². The number of carbonyl (C=O) groups is 1. The van der Waals surface area contributed by atoms with Gasteiger partial charge < -0.3 is 10.6 Å². The van der Waals surface area contributed by atoms with Crippen LogP contribution in [0.15, 0.2) is 24.7 Å². The van der Waals surface area contributed by atoms with E-state index in [1.54, 1.807) is 6.07 Å². The fraction of sp³-hybridized carbons (Fsp3) is 0.500. The number of rotatable bonds is 4. The maximum absolute atomic E-state index is 11.2. The second-order valence-electron chi connectivity index (χ2n) is 7.62. The van der Waals surface area contributed by atoms with Crippen LogP contribution in [0.5, 0.6) is 0 Å². The molecule has 8 heteroatoms. The predicted molar refractivity (Wildman–Crippen MR) is 102 cm³/mol. The number of nitrogens with two attached hydrogens (primary N) is 1. The van der Waals surface area contributed by atoms with Gasteiger partial charge in [0.25, 0.3) is 0 Å². The van der Waals surface area contributed by atoms with Crippen LogP contribution in [0.1, 0.15) is 36.7 Å². The third kappa shape index (κ3) is 4.16. The van der Waals surface area contributed by atoms with E-state index in [0.29, 0.717) is 16.4 Å². The molecule has 1 saturated heterocycles. The van der Waals surface area contributed by atoms with Crippen LogP contribution in [0, 0.1) is 0 Å². The standard InChI is InChI=1S/C18H25ClN6O/c1-18(2,3)25-12-13(9-22-25)11-23-4-6-24(7-5-23)17-15(19)8-14(10-21-17)16(20)26/h8-10,12H,4-7,11H2,1-3H3,(H2,20,26). The van der Waals surface area contributed by atoms with E-state index in [0.717, 1.165) is 32.7 Å². The van der Waals surface area contributed by atoms with Crippen molar-refractivity contribution in [3.8, 4) is 0 Å². The second-order valence-corrected chi connectivity index (χ2v) is 8.03. The van der Waals surface area contributed by atoms with Crippen molar-refractivity contribution in [2.45, 2.75) is 32.9 Å². The van der Waals surface area contributed by atoms with E-state index in [1.807, 2.05) is 10.9 Å². The molecule has 1 amide bonds. The summed E-state index contributed by atoms with van der Waals surface area (Å²) in [5.74, 6) is 0.184. The zero-order valence-corrected chi connectivity index (χ0v) is 16.2. The number of primary amides is 1. The average molecular weight is 377 g/mol. The van der Waals surface area contributed by atoms with Gasteiger partial charge in [-0.3, -0.25) is 14.4 Å². The first-order valence-electron chi connectivity index (χ1n) is 8.71. The summed E-state index contributed by atoms with van der Waals surface area (Å²) in [4.78, 5) is 20.1. The molecule has 2 N–H and O–H groups in total. The lowest BCUT2D eigenvalue weighted by Crippen LogP contribution is -2.46. The van der Waals surface area contributed by atoms with Crippen molar-refractivity contribution < 1.29 is 4.79 Å². The molecule has 0 aromatic carbocycles. The molecule has 7 nitrogen and oxygen atoms in total. The number of carbonyl (C=O) groups excluding carboxylic acids is 1. The molecule has 1 aliphatic rings. The minimum Gasteiger partial charge on any atom is -0.366 e. The first kappa shape index (κ1) is 18.7. The summed E-state index contributed by atoms with van der Waals surface area (Å²) in [6, 6.07) is 1.58. The number of nitrogens with zero attached hydrogens (tertiary/aromatic N) is 5. The molecule has 0 unspecified atom stereocenters. The van der Waals surface area contributed by atoms with Crippen LogP contribution in [0.2, 0.25) is 5.02 Å². The van der Waals surface area contributed by atoms with Gasteiger partial charge in [-0.05, 0) is 26.8 Å². The topological polar surface area (TPSA) is 80.3 Å². The Balaban J connectivity index is 1.59. The van der Waals surface area contributed by atoms with Crippen molar-refractivity contribution in [1.29, 1.82) is 0 Å².